The van der Waals surface area contributed by atoms with Crippen molar-refractivity contribution in [2.24, 2.45) is 0 Å². The molecule has 2 rings (SSSR count). The number of nitrogen functional groups attached to an aromatic ring is 1. The number of anilines is 1. The third kappa shape index (κ3) is 4.78. The smallest absolute Gasteiger partial charge is 0.123 e. The molecule has 1 saturated heterocycles. The van der Waals surface area contributed by atoms with Gasteiger partial charge in [0.2, 0.25) is 0 Å². The maximum atomic E-state index is 5.81. The van der Waals surface area contributed by atoms with Gasteiger partial charge in [-0.3, -0.25) is 4.90 Å². The molecule has 0 bridgehead atoms. The normalized spacial score (nSPS) is 20.6. The molecular weight excluding hydrogens is 242 g/mol. The fourth-order valence-electron chi connectivity index (χ4n) is 2.44. The molecule has 1 aliphatic rings. The standard InChI is InChI=1S/C14H23N3O2/c1-18-7-8-19-13-3-2-6-17(11-13)10-12-4-5-16-14(15)9-12/h4-5,9,13H,2-3,6-8,10-11H2,1H3,(H2,15,16)/t13-/m0/s1. The molecular formula is C14H23N3O2. The van der Waals surface area contributed by atoms with Gasteiger partial charge in [-0.1, -0.05) is 0 Å². The predicted octanol–water partition coefficient (Wildman–Crippen LogP) is 1.29. The molecule has 5 heteroatoms. The van der Waals surface area contributed by atoms with Crippen LogP contribution in [0.1, 0.15) is 18.4 Å². The largest absolute Gasteiger partial charge is 0.384 e. The summed E-state index contributed by atoms with van der Waals surface area (Å²) in [7, 11) is 1.70. The van der Waals surface area contributed by atoms with E-state index >= 15 is 0 Å². The van der Waals surface area contributed by atoms with Gasteiger partial charge in [-0.05, 0) is 37.1 Å². The molecule has 0 amide bonds. The van der Waals surface area contributed by atoms with Crippen molar-refractivity contribution in [3.8, 4) is 0 Å². The third-order valence-corrected chi connectivity index (χ3v) is 3.35. The second-order valence-electron chi connectivity index (χ2n) is 4.95. The molecule has 2 N–H and O–H groups in total. The second kappa shape index (κ2) is 7.43. The van der Waals surface area contributed by atoms with Crippen molar-refractivity contribution in [3.63, 3.8) is 0 Å². The van der Waals surface area contributed by atoms with E-state index in [9.17, 15) is 0 Å². The highest BCUT2D eigenvalue weighted by molar-refractivity contribution is 5.31. The van der Waals surface area contributed by atoms with E-state index in [0.29, 0.717) is 25.1 Å². The Morgan fingerprint density at radius 3 is 3.16 bits per heavy atom. The van der Waals surface area contributed by atoms with Crippen LogP contribution in [0.4, 0.5) is 5.82 Å². The summed E-state index contributed by atoms with van der Waals surface area (Å²) in [5.74, 6) is 0.586. The summed E-state index contributed by atoms with van der Waals surface area (Å²) in [5.41, 5.74) is 6.92. The zero-order valence-corrected chi connectivity index (χ0v) is 11.5. The molecule has 0 aromatic carbocycles. The van der Waals surface area contributed by atoms with Crippen LogP contribution in [-0.2, 0) is 16.0 Å². The maximum Gasteiger partial charge on any atom is 0.123 e. The number of nitrogens with two attached hydrogens (primary N) is 1. The average molecular weight is 265 g/mol. The van der Waals surface area contributed by atoms with Crippen molar-refractivity contribution in [3.05, 3.63) is 23.9 Å². The summed E-state index contributed by atoms with van der Waals surface area (Å²) in [4.78, 5) is 6.43. The fourth-order valence-corrected chi connectivity index (χ4v) is 2.44. The molecule has 1 aromatic heterocycles. The lowest BCUT2D eigenvalue weighted by Gasteiger charge is -2.32. The van der Waals surface area contributed by atoms with Gasteiger partial charge in [0.05, 0.1) is 19.3 Å². The van der Waals surface area contributed by atoms with E-state index in [-0.39, 0.29) is 0 Å². The van der Waals surface area contributed by atoms with Crippen molar-refractivity contribution in [1.82, 2.24) is 9.88 Å². The van der Waals surface area contributed by atoms with Crippen LogP contribution < -0.4 is 5.73 Å². The number of hydrogen-bond donors (Lipinski definition) is 1. The van der Waals surface area contributed by atoms with Crippen molar-refractivity contribution in [2.45, 2.75) is 25.5 Å². The van der Waals surface area contributed by atoms with Crippen molar-refractivity contribution < 1.29 is 9.47 Å². The van der Waals surface area contributed by atoms with Gasteiger partial charge in [0.25, 0.3) is 0 Å². The van der Waals surface area contributed by atoms with Gasteiger partial charge in [0.15, 0.2) is 0 Å². The molecule has 0 saturated carbocycles. The number of rotatable bonds is 6. The van der Waals surface area contributed by atoms with E-state index in [4.69, 9.17) is 15.2 Å². The Bertz CT molecular complexity index is 387. The number of aromatic nitrogens is 1. The minimum absolute atomic E-state index is 0.322. The van der Waals surface area contributed by atoms with E-state index in [1.807, 2.05) is 12.1 Å². The summed E-state index contributed by atoms with van der Waals surface area (Å²) in [6, 6.07) is 3.96. The van der Waals surface area contributed by atoms with Crippen LogP contribution in [0.15, 0.2) is 18.3 Å². The number of ether oxygens (including phenoxy) is 2. The minimum atomic E-state index is 0.322. The van der Waals surface area contributed by atoms with E-state index in [1.165, 1.54) is 12.0 Å². The Balaban J connectivity index is 1.80. The van der Waals surface area contributed by atoms with Crippen LogP contribution in [0, 0.1) is 0 Å². The van der Waals surface area contributed by atoms with Crippen LogP contribution in [0.5, 0.6) is 0 Å². The molecule has 0 aliphatic carbocycles. The Morgan fingerprint density at radius 2 is 2.37 bits per heavy atom. The van der Waals surface area contributed by atoms with Gasteiger partial charge in [0.1, 0.15) is 5.82 Å². The summed E-state index contributed by atoms with van der Waals surface area (Å²) in [6.07, 6.45) is 4.40. The van der Waals surface area contributed by atoms with Gasteiger partial charge in [-0.2, -0.15) is 0 Å². The monoisotopic (exact) mass is 265 g/mol. The molecule has 5 nitrogen and oxygen atoms in total. The molecule has 1 aromatic rings. The molecule has 0 spiro atoms. The first kappa shape index (κ1) is 14.2. The second-order valence-corrected chi connectivity index (χ2v) is 4.95. The quantitative estimate of drug-likeness (QED) is 0.785. The Kier molecular flexibility index (Phi) is 5.57. The Labute approximate surface area is 114 Å². The first-order valence-corrected chi connectivity index (χ1v) is 6.81. The van der Waals surface area contributed by atoms with E-state index in [0.717, 1.165) is 26.1 Å². The molecule has 0 unspecified atom stereocenters. The van der Waals surface area contributed by atoms with Crippen LogP contribution >= 0.6 is 0 Å². The molecule has 1 atom stereocenters. The van der Waals surface area contributed by atoms with E-state index in [1.54, 1.807) is 13.3 Å². The Morgan fingerprint density at radius 1 is 1.47 bits per heavy atom. The highest BCUT2D eigenvalue weighted by Gasteiger charge is 2.20. The molecule has 2 heterocycles. The van der Waals surface area contributed by atoms with E-state index < -0.39 is 0 Å². The van der Waals surface area contributed by atoms with Gasteiger partial charge in [-0.25, -0.2) is 4.98 Å². The van der Waals surface area contributed by atoms with Crippen molar-refractivity contribution >= 4 is 5.82 Å². The fraction of sp³-hybridized carbons (Fsp3) is 0.643. The number of pyridine rings is 1. The highest BCUT2D eigenvalue weighted by Crippen LogP contribution is 2.16. The first-order chi connectivity index (χ1) is 9.28. The zero-order chi connectivity index (χ0) is 13.5. The number of piperidine rings is 1. The van der Waals surface area contributed by atoms with Gasteiger partial charge in [-0.15, -0.1) is 0 Å². The van der Waals surface area contributed by atoms with Crippen LogP contribution in [-0.4, -0.2) is 49.4 Å². The average Bonchev–Trinajstić information content (AvgIpc) is 2.39. The SMILES string of the molecule is COCCO[C@H]1CCCN(Cc2ccnc(N)c2)C1. The zero-order valence-electron chi connectivity index (χ0n) is 11.5. The number of likely N-dealkylation sites (tertiary alicyclic amines) is 1. The molecule has 1 fully saturated rings. The lowest BCUT2D eigenvalue weighted by molar-refractivity contribution is -0.0224. The van der Waals surface area contributed by atoms with Gasteiger partial charge in [0, 0.05) is 26.4 Å². The highest BCUT2D eigenvalue weighted by atomic mass is 16.5. The molecule has 19 heavy (non-hydrogen) atoms. The van der Waals surface area contributed by atoms with Crippen LogP contribution in [0.25, 0.3) is 0 Å². The molecule has 106 valence electrons. The van der Waals surface area contributed by atoms with Crippen LogP contribution in [0.3, 0.4) is 0 Å². The van der Waals surface area contributed by atoms with Crippen LogP contribution in [0.2, 0.25) is 0 Å². The molecule has 0 radical (unpaired) electrons. The topological polar surface area (TPSA) is 60.6 Å². The number of nitrogens with zero attached hydrogens (tertiary/aromatic N) is 2. The predicted molar refractivity (Wildman–Crippen MR) is 74.8 cm³/mol. The number of hydrogen-bond acceptors (Lipinski definition) is 5. The van der Waals surface area contributed by atoms with Crippen molar-refractivity contribution in [2.75, 3.05) is 39.1 Å². The number of methoxy groups -OCH3 is 1. The Hall–Kier alpha value is -1.17. The summed E-state index contributed by atoms with van der Waals surface area (Å²) >= 11 is 0. The summed E-state index contributed by atoms with van der Waals surface area (Å²) in [5, 5.41) is 0. The maximum absolute atomic E-state index is 5.81. The lowest BCUT2D eigenvalue weighted by atomic mass is 10.1. The first-order valence-electron chi connectivity index (χ1n) is 6.81. The molecule has 1 aliphatic heterocycles. The third-order valence-electron chi connectivity index (χ3n) is 3.35. The summed E-state index contributed by atoms with van der Waals surface area (Å²) < 4.78 is 10.8. The van der Waals surface area contributed by atoms with Gasteiger partial charge >= 0.3 is 0 Å². The minimum Gasteiger partial charge on any atom is -0.384 e. The summed E-state index contributed by atoms with van der Waals surface area (Å²) in [6.45, 7) is 4.35. The lowest BCUT2D eigenvalue weighted by Crippen LogP contribution is -2.39. The van der Waals surface area contributed by atoms with E-state index in [2.05, 4.69) is 9.88 Å². The van der Waals surface area contributed by atoms with Gasteiger partial charge < -0.3 is 15.2 Å². The van der Waals surface area contributed by atoms with Crippen molar-refractivity contribution in [1.29, 1.82) is 0 Å².